The van der Waals surface area contributed by atoms with Gasteiger partial charge in [-0.15, -0.1) is 23.5 Å². The van der Waals surface area contributed by atoms with Crippen LogP contribution in [0, 0.1) is 0 Å². The highest BCUT2D eigenvalue weighted by Crippen LogP contribution is 2.53. The van der Waals surface area contributed by atoms with Gasteiger partial charge in [0.2, 0.25) is 0 Å². The quantitative estimate of drug-likeness (QED) is 0.759. The summed E-state index contributed by atoms with van der Waals surface area (Å²) in [5.74, 6) is 2.51. The molecule has 1 nitrogen and oxygen atoms in total. The van der Waals surface area contributed by atoms with Gasteiger partial charge >= 0.3 is 0 Å². The molecular formula is C13H18OS3. The van der Waals surface area contributed by atoms with Crippen LogP contribution in [0.25, 0.3) is 0 Å². The monoisotopic (exact) mass is 286 g/mol. The lowest BCUT2D eigenvalue weighted by Crippen LogP contribution is -2.32. The zero-order valence-electron chi connectivity index (χ0n) is 10.1. The Kier molecular flexibility index (Phi) is 4.72. The molecule has 1 saturated heterocycles. The highest BCUT2D eigenvalue weighted by molar-refractivity contribution is 8.19. The van der Waals surface area contributed by atoms with Crippen molar-refractivity contribution in [3.8, 4) is 0 Å². The lowest BCUT2D eigenvalue weighted by Gasteiger charge is -2.41. The number of thioether (sulfide) groups is 3. The molecule has 0 bridgehead atoms. The summed E-state index contributed by atoms with van der Waals surface area (Å²) in [4.78, 5) is 11.2. The van der Waals surface area contributed by atoms with Gasteiger partial charge in [-0.3, -0.25) is 4.79 Å². The van der Waals surface area contributed by atoms with Crippen molar-refractivity contribution >= 4 is 40.4 Å². The highest BCUT2D eigenvalue weighted by atomic mass is 32.2. The summed E-state index contributed by atoms with van der Waals surface area (Å²) in [6.07, 6.45) is 7.87. The summed E-state index contributed by atoms with van der Waals surface area (Å²) in [6.45, 7) is 5.61. The minimum atomic E-state index is 0.217. The summed E-state index contributed by atoms with van der Waals surface area (Å²) in [7, 11) is 0. The van der Waals surface area contributed by atoms with Gasteiger partial charge in [0, 0.05) is 12.2 Å². The van der Waals surface area contributed by atoms with E-state index in [0.717, 1.165) is 6.42 Å². The maximum Gasteiger partial charge on any atom is 0.186 e. The topological polar surface area (TPSA) is 17.1 Å². The number of carbonyl (C=O) groups excluding carboxylic acids is 1. The van der Waals surface area contributed by atoms with E-state index >= 15 is 0 Å². The Balaban J connectivity index is 2.16. The van der Waals surface area contributed by atoms with Gasteiger partial charge in [-0.25, -0.2) is 0 Å². The van der Waals surface area contributed by atoms with Crippen molar-refractivity contribution in [2.24, 2.45) is 0 Å². The Morgan fingerprint density at radius 3 is 2.88 bits per heavy atom. The van der Waals surface area contributed by atoms with E-state index < -0.39 is 0 Å². The molecule has 17 heavy (non-hydrogen) atoms. The molecule has 1 heterocycles. The second-order valence-corrected chi connectivity index (χ2v) is 8.78. The van der Waals surface area contributed by atoms with E-state index in [2.05, 4.69) is 36.2 Å². The van der Waals surface area contributed by atoms with Gasteiger partial charge in [-0.05, 0) is 36.3 Å². The van der Waals surface area contributed by atoms with E-state index in [-0.39, 0.29) is 9.19 Å². The summed E-state index contributed by atoms with van der Waals surface area (Å²) in [5, 5.41) is 0.573. The van der Waals surface area contributed by atoms with Gasteiger partial charge in [0.05, 0.1) is 4.08 Å². The second-order valence-electron chi connectivity index (χ2n) is 4.32. The first-order chi connectivity index (χ1) is 8.16. The number of carbonyl (C=O) groups is 1. The SMILES string of the molecule is C=CC1=CC(SC(C)=O)CCC12SCCCS2. The van der Waals surface area contributed by atoms with Gasteiger partial charge in [0.15, 0.2) is 5.12 Å². The summed E-state index contributed by atoms with van der Waals surface area (Å²) in [6, 6.07) is 0. The Labute approximate surface area is 116 Å². The molecule has 1 fully saturated rings. The van der Waals surface area contributed by atoms with Crippen LogP contribution in [0.5, 0.6) is 0 Å². The van der Waals surface area contributed by atoms with Gasteiger partial charge in [-0.2, -0.15) is 0 Å². The minimum absolute atomic E-state index is 0.217. The molecule has 4 heteroatoms. The standard InChI is InChI=1S/C13H18OS3/c1-3-11-9-12(17-10(2)14)5-6-13(11)15-7-4-8-16-13/h3,9,12H,1,4-8H2,2H3. The van der Waals surface area contributed by atoms with Gasteiger partial charge < -0.3 is 0 Å². The fourth-order valence-electron chi connectivity index (χ4n) is 2.30. The van der Waals surface area contributed by atoms with E-state index in [1.807, 2.05) is 6.08 Å². The number of rotatable bonds is 2. The molecule has 2 rings (SSSR count). The fraction of sp³-hybridized carbons (Fsp3) is 0.615. The molecule has 0 N–H and O–H groups in total. The molecule has 0 radical (unpaired) electrons. The average molecular weight is 286 g/mol. The van der Waals surface area contributed by atoms with E-state index in [9.17, 15) is 4.79 Å². The van der Waals surface area contributed by atoms with Crippen molar-refractivity contribution in [2.75, 3.05) is 11.5 Å². The van der Waals surface area contributed by atoms with Gasteiger partial charge in [-0.1, -0.05) is 30.5 Å². The zero-order chi connectivity index (χ0) is 12.3. The van der Waals surface area contributed by atoms with Crippen LogP contribution in [0.4, 0.5) is 0 Å². The van der Waals surface area contributed by atoms with E-state index in [1.165, 1.54) is 41.7 Å². The molecule has 0 saturated carbocycles. The van der Waals surface area contributed by atoms with Crippen LogP contribution >= 0.6 is 35.3 Å². The molecule has 2 aliphatic rings. The third-order valence-electron chi connectivity index (χ3n) is 3.06. The molecule has 0 aromatic heterocycles. The zero-order valence-corrected chi connectivity index (χ0v) is 12.6. The molecular weight excluding hydrogens is 268 g/mol. The smallest absolute Gasteiger partial charge is 0.186 e. The van der Waals surface area contributed by atoms with Crippen molar-refractivity contribution in [1.82, 2.24) is 0 Å². The van der Waals surface area contributed by atoms with Gasteiger partial charge in [0.25, 0.3) is 0 Å². The van der Waals surface area contributed by atoms with Crippen molar-refractivity contribution < 1.29 is 4.79 Å². The van der Waals surface area contributed by atoms with Crippen LogP contribution in [-0.4, -0.2) is 25.9 Å². The van der Waals surface area contributed by atoms with Crippen LogP contribution in [0.15, 0.2) is 24.3 Å². The first-order valence-electron chi connectivity index (χ1n) is 5.96. The summed E-state index contributed by atoms with van der Waals surface area (Å²) >= 11 is 5.60. The molecule has 0 aromatic carbocycles. The maximum atomic E-state index is 11.2. The fourth-order valence-corrected chi connectivity index (χ4v) is 6.59. The molecule has 1 spiro atoms. The minimum Gasteiger partial charge on any atom is -0.288 e. The lowest BCUT2D eigenvalue weighted by atomic mass is 9.98. The van der Waals surface area contributed by atoms with Gasteiger partial charge in [0.1, 0.15) is 0 Å². The van der Waals surface area contributed by atoms with E-state index in [4.69, 9.17) is 0 Å². The predicted molar refractivity (Wildman–Crippen MR) is 81.8 cm³/mol. The Morgan fingerprint density at radius 2 is 2.29 bits per heavy atom. The van der Waals surface area contributed by atoms with Crippen LogP contribution in [0.3, 0.4) is 0 Å². The van der Waals surface area contributed by atoms with Crippen LogP contribution < -0.4 is 0 Å². The Bertz CT molecular complexity index is 343. The highest BCUT2D eigenvalue weighted by Gasteiger charge is 2.39. The van der Waals surface area contributed by atoms with E-state index in [0.29, 0.717) is 5.25 Å². The van der Waals surface area contributed by atoms with Crippen molar-refractivity contribution in [3.05, 3.63) is 24.3 Å². The molecule has 0 aromatic rings. The lowest BCUT2D eigenvalue weighted by molar-refractivity contribution is -0.109. The average Bonchev–Trinajstić information content (AvgIpc) is 2.32. The number of hydrogen-bond acceptors (Lipinski definition) is 4. The van der Waals surface area contributed by atoms with Crippen LogP contribution in [0.1, 0.15) is 26.2 Å². The summed E-state index contributed by atoms with van der Waals surface area (Å²) in [5.41, 5.74) is 1.34. The molecule has 1 aliphatic heterocycles. The van der Waals surface area contributed by atoms with Crippen molar-refractivity contribution in [3.63, 3.8) is 0 Å². The normalized spacial score (nSPS) is 27.6. The van der Waals surface area contributed by atoms with Crippen molar-refractivity contribution in [1.29, 1.82) is 0 Å². The van der Waals surface area contributed by atoms with Crippen LogP contribution in [-0.2, 0) is 4.79 Å². The maximum absolute atomic E-state index is 11.2. The van der Waals surface area contributed by atoms with Crippen LogP contribution in [0.2, 0.25) is 0 Å². The first kappa shape index (κ1) is 13.6. The third kappa shape index (κ3) is 3.15. The molecule has 1 atom stereocenters. The Morgan fingerprint density at radius 1 is 1.59 bits per heavy atom. The van der Waals surface area contributed by atoms with E-state index in [1.54, 1.807) is 6.92 Å². The molecule has 1 aliphatic carbocycles. The molecule has 94 valence electrons. The number of allylic oxidation sites excluding steroid dienone is 1. The van der Waals surface area contributed by atoms with Crippen molar-refractivity contribution in [2.45, 2.75) is 35.5 Å². The second kappa shape index (κ2) is 5.89. The Hall–Kier alpha value is 0.200. The summed E-state index contributed by atoms with van der Waals surface area (Å²) < 4.78 is 0.244. The largest absolute Gasteiger partial charge is 0.288 e. The molecule has 1 unspecified atom stereocenters. The molecule has 0 amide bonds. The predicted octanol–water partition coefficient (Wildman–Crippen LogP) is 4.11. The third-order valence-corrected chi connectivity index (χ3v) is 7.57. The number of hydrogen-bond donors (Lipinski definition) is 0. The first-order valence-corrected chi connectivity index (χ1v) is 8.81.